The van der Waals surface area contributed by atoms with Crippen LogP contribution in [0.15, 0.2) is 36.4 Å². The summed E-state index contributed by atoms with van der Waals surface area (Å²) in [5.41, 5.74) is 6.46. The molecule has 2 aromatic carbocycles. The van der Waals surface area contributed by atoms with E-state index in [9.17, 15) is 5.26 Å². The van der Waals surface area contributed by atoms with E-state index in [2.05, 4.69) is 50.5 Å². The number of alkyl halides is 1. The Labute approximate surface area is 203 Å². The fourth-order valence-electron chi connectivity index (χ4n) is 3.68. The number of nitrogens with zero attached hydrogens (tertiary/aromatic N) is 2. The molecule has 0 unspecified atom stereocenters. The number of hydroxylamine groups is 1. The highest BCUT2D eigenvalue weighted by Crippen LogP contribution is 2.37. The van der Waals surface area contributed by atoms with Crippen molar-refractivity contribution in [2.24, 2.45) is 0 Å². The van der Waals surface area contributed by atoms with Gasteiger partial charge in [0.2, 0.25) is 0 Å². The van der Waals surface area contributed by atoms with E-state index in [4.69, 9.17) is 26.3 Å². The zero-order valence-corrected chi connectivity index (χ0v) is 21.1. The van der Waals surface area contributed by atoms with Gasteiger partial charge in [-0.25, -0.2) is 5.43 Å². The van der Waals surface area contributed by atoms with Gasteiger partial charge < -0.3 is 9.47 Å². The summed E-state index contributed by atoms with van der Waals surface area (Å²) < 4.78 is 11.0. The predicted molar refractivity (Wildman–Crippen MR) is 132 cm³/mol. The highest BCUT2D eigenvalue weighted by Gasteiger charge is 2.26. The minimum absolute atomic E-state index is 0.243. The van der Waals surface area contributed by atoms with Gasteiger partial charge >= 0.3 is 0 Å². The summed E-state index contributed by atoms with van der Waals surface area (Å²) in [5.74, 6) is 1.88. The van der Waals surface area contributed by atoms with Gasteiger partial charge in [-0.05, 0) is 54.2 Å². The van der Waals surface area contributed by atoms with Crippen LogP contribution in [0.1, 0.15) is 62.3 Å². The molecule has 1 fully saturated rings. The third kappa shape index (κ3) is 7.35. The van der Waals surface area contributed by atoms with Gasteiger partial charge in [0.25, 0.3) is 0 Å². The number of hydrogen-bond acceptors (Lipinski definition) is 6. The van der Waals surface area contributed by atoms with Crippen LogP contribution in [-0.4, -0.2) is 43.1 Å². The van der Waals surface area contributed by atoms with Crippen molar-refractivity contribution in [1.29, 1.82) is 5.26 Å². The third-order valence-electron chi connectivity index (χ3n) is 6.00. The van der Waals surface area contributed by atoms with E-state index in [1.54, 1.807) is 14.2 Å². The van der Waals surface area contributed by atoms with Crippen LogP contribution in [-0.2, 0) is 11.8 Å². The number of ether oxygens (including phenoxy) is 2. The van der Waals surface area contributed by atoms with Gasteiger partial charge in [0.05, 0.1) is 18.6 Å². The summed E-state index contributed by atoms with van der Waals surface area (Å²) in [4.78, 5) is 0. The number of benzene rings is 2. The van der Waals surface area contributed by atoms with Crippen LogP contribution in [0, 0.1) is 11.3 Å². The molecule has 6 nitrogen and oxygen atoms in total. The van der Waals surface area contributed by atoms with Gasteiger partial charge in [0.1, 0.15) is 24.2 Å². The zero-order valence-electron chi connectivity index (χ0n) is 20.3. The molecule has 2 N–H and O–H groups in total. The second-order valence-corrected chi connectivity index (χ2v) is 9.03. The maximum atomic E-state index is 9.59. The first-order chi connectivity index (χ1) is 15.8. The van der Waals surface area contributed by atoms with Gasteiger partial charge in [0, 0.05) is 18.5 Å². The summed E-state index contributed by atoms with van der Waals surface area (Å²) in [6, 6.07) is 14.9. The Morgan fingerprint density at radius 3 is 2.30 bits per heavy atom. The van der Waals surface area contributed by atoms with Gasteiger partial charge in [-0.2, -0.15) is 5.26 Å². The van der Waals surface area contributed by atoms with E-state index >= 15 is 0 Å². The predicted octanol–water partition coefficient (Wildman–Crippen LogP) is 5.44. The molecule has 0 heterocycles. The van der Waals surface area contributed by atoms with E-state index < -0.39 is 0 Å². The van der Waals surface area contributed by atoms with Gasteiger partial charge in [-0.1, -0.05) is 45.4 Å². The second-order valence-electron chi connectivity index (χ2n) is 8.65. The lowest BCUT2D eigenvalue weighted by Gasteiger charge is -2.28. The molecule has 0 spiro atoms. The molecule has 1 aliphatic rings. The molecule has 0 aromatic heterocycles. The van der Waals surface area contributed by atoms with E-state index in [0.717, 1.165) is 34.0 Å². The minimum atomic E-state index is -0.243. The summed E-state index contributed by atoms with van der Waals surface area (Å²) in [6.07, 6.45) is 4.49. The normalized spacial score (nSPS) is 13.5. The number of hydrazine groups is 1. The van der Waals surface area contributed by atoms with Gasteiger partial charge in [-0.15, -0.1) is 16.8 Å². The van der Waals surface area contributed by atoms with Crippen LogP contribution in [0.25, 0.3) is 0 Å². The Balaban J connectivity index is 0.000000405. The molecule has 3 rings (SSSR count). The van der Waals surface area contributed by atoms with Crippen LogP contribution in [0.3, 0.4) is 0 Å². The molecule has 1 saturated carbocycles. The fraction of sp³-hybridized carbons (Fsp3) is 0.500. The summed E-state index contributed by atoms with van der Waals surface area (Å²) in [6.45, 7) is 6.77. The second kappa shape index (κ2) is 12.8. The van der Waals surface area contributed by atoms with Crippen molar-refractivity contribution >= 4 is 11.6 Å². The quantitative estimate of drug-likeness (QED) is 0.373. The number of methoxy groups -OCH3 is 1. The SMILES string of the molecule is CCc1cc(C(C)(C)c2ccc(OC)cc2)cc(C#N)c1OCCCl.CN(O)NC1CCC1. The Kier molecular flexibility index (Phi) is 10.5. The first-order valence-corrected chi connectivity index (χ1v) is 11.9. The van der Waals surface area contributed by atoms with E-state index in [0.29, 0.717) is 29.8 Å². The van der Waals surface area contributed by atoms with Gasteiger partial charge in [-0.3, -0.25) is 5.21 Å². The van der Waals surface area contributed by atoms with Crippen molar-refractivity contribution in [3.05, 3.63) is 58.7 Å². The number of nitriles is 1. The lowest BCUT2D eigenvalue weighted by molar-refractivity contribution is -0.129. The zero-order chi connectivity index (χ0) is 24.4. The average molecular weight is 474 g/mol. The van der Waals surface area contributed by atoms with Crippen molar-refractivity contribution in [3.63, 3.8) is 0 Å². The molecule has 0 radical (unpaired) electrons. The smallest absolute Gasteiger partial charge is 0.140 e. The lowest BCUT2D eigenvalue weighted by atomic mass is 9.77. The summed E-state index contributed by atoms with van der Waals surface area (Å²) in [5, 5.41) is 19.2. The minimum Gasteiger partial charge on any atom is -0.497 e. The monoisotopic (exact) mass is 473 g/mol. The summed E-state index contributed by atoms with van der Waals surface area (Å²) in [7, 11) is 3.25. The van der Waals surface area contributed by atoms with Crippen LogP contribution in [0.5, 0.6) is 11.5 Å². The maximum absolute atomic E-state index is 9.59. The molecular weight excluding hydrogens is 438 g/mol. The first-order valence-electron chi connectivity index (χ1n) is 11.4. The molecule has 180 valence electrons. The van der Waals surface area contributed by atoms with Crippen LogP contribution in [0.4, 0.5) is 0 Å². The largest absolute Gasteiger partial charge is 0.497 e. The molecule has 1 aliphatic carbocycles. The van der Waals surface area contributed by atoms with E-state index in [-0.39, 0.29) is 5.41 Å². The fourth-order valence-corrected chi connectivity index (χ4v) is 3.76. The van der Waals surface area contributed by atoms with Crippen LogP contribution < -0.4 is 14.9 Å². The Bertz CT molecular complexity index is 920. The molecule has 33 heavy (non-hydrogen) atoms. The maximum Gasteiger partial charge on any atom is 0.140 e. The lowest BCUT2D eigenvalue weighted by Crippen LogP contribution is -2.43. The molecule has 7 heteroatoms. The molecule has 0 atom stereocenters. The third-order valence-corrected chi connectivity index (χ3v) is 6.15. The first kappa shape index (κ1) is 26.9. The van der Waals surface area contributed by atoms with Crippen LogP contribution >= 0.6 is 11.6 Å². The van der Waals surface area contributed by atoms with Crippen molar-refractivity contribution in [2.75, 3.05) is 26.6 Å². The Morgan fingerprint density at radius 1 is 1.21 bits per heavy atom. The van der Waals surface area contributed by atoms with E-state index in [1.165, 1.54) is 19.3 Å². The Morgan fingerprint density at radius 2 is 1.88 bits per heavy atom. The number of nitrogens with one attached hydrogen (secondary N) is 1. The molecular formula is C26H36ClN3O3. The van der Waals surface area contributed by atoms with Crippen molar-refractivity contribution in [1.82, 2.24) is 10.6 Å². The van der Waals surface area contributed by atoms with Crippen molar-refractivity contribution in [2.45, 2.75) is 57.9 Å². The van der Waals surface area contributed by atoms with E-state index in [1.807, 2.05) is 18.2 Å². The van der Waals surface area contributed by atoms with Crippen molar-refractivity contribution < 1.29 is 14.7 Å². The van der Waals surface area contributed by atoms with Crippen molar-refractivity contribution in [3.8, 4) is 17.6 Å². The molecule has 0 amide bonds. The number of aryl methyl sites for hydroxylation is 1. The molecule has 0 saturated heterocycles. The van der Waals surface area contributed by atoms with Crippen LogP contribution in [0.2, 0.25) is 0 Å². The highest BCUT2D eigenvalue weighted by molar-refractivity contribution is 6.18. The highest BCUT2D eigenvalue weighted by atomic mass is 35.5. The Hall–Kier alpha value is -2.30. The standard InChI is InChI=1S/C21H24ClNO2.C5H12N2O/c1-5-15-12-18(13-16(14-23)20(15)25-11-10-22)21(2,3)17-6-8-19(24-4)9-7-17;1-7(8)6-5-3-2-4-5/h6-9,12-13H,5,10-11H2,1-4H3;5-6,8H,2-4H2,1H3. The number of hydrogen-bond donors (Lipinski definition) is 2. The topological polar surface area (TPSA) is 77.8 Å². The summed E-state index contributed by atoms with van der Waals surface area (Å²) >= 11 is 5.73. The number of rotatable bonds is 9. The molecule has 2 aromatic rings. The molecule has 0 aliphatic heterocycles. The van der Waals surface area contributed by atoms with Gasteiger partial charge in [0.15, 0.2) is 0 Å². The number of halogens is 1. The molecule has 0 bridgehead atoms. The average Bonchev–Trinajstić information content (AvgIpc) is 2.79.